The summed E-state index contributed by atoms with van der Waals surface area (Å²) in [7, 11) is 0. The molecule has 1 heterocycles. The molecule has 1 aliphatic rings. The fraction of sp³-hybridized carbons (Fsp3) is 0.500. The highest BCUT2D eigenvalue weighted by atomic mass is 35.5. The van der Waals surface area contributed by atoms with Crippen LogP contribution < -0.4 is 5.32 Å². The Bertz CT molecular complexity index is 557. The fourth-order valence-corrected chi connectivity index (χ4v) is 2.82. The van der Waals surface area contributed by atoms with Crippen LogP contribution in [0.1, 0.15) is 36.5 Å². The number of carbonyl (C=O) groups excluding carboxylic acids is 2. The van der Waals surface area contributed by atoms with E-state index in [1.165, 1.54) is 12.1 Å². The number of halogens is 2. The molecule has 0 bridgehead atoms. The van der Waals surface area contributed by atoms with E-state index in [1.807, 2.05) is 6.92 Å². The van der Waals surface area contributed by atoms with E-state index < -0.39 is 5.82 Å². The van der Waals surface area contributed by atoms with E-state index in [9.17, 15) is 14.0 Å². The van der Waals surface area contributed by atoms with Gasteiger partial charge in [0, 0.05) is 25.6 Å². The molecule has 0 radical (unpaired) electrons. The Hall–Kier alpha value is -1.62. The molecule has 0 aliphatic carbocycles. The lowest BCUT2D eigenvalue weighted by Gasteiger charge is -2.31. The number of hydrogen-bond acceptors (Lipinski definition) is 2. The van der Waals surface area contributed by atoms with Crippen molar-refractivity contribution in [3.63, 3.8) is 0 Å². The van der Waals surface area contributed by atoms with Crippen molar-refractivity contribution in [1.82, 2.24) is 10.2 Å². The first kappa shape index (κ1) is 16.7. The van der Waals surface area contributed by atoms with Crippen molar-refractivity contribution in [1.29, 1.82) is 0 Å². The number of likely N-dealkylation sites (tertiary alicyclic amines) is 1. The molecule has 1 aromatic rings. The lowest BCUT2D eigenvalue weighted by atomic mass is 9.95. The van der Waals surface area contributed by atoms with E-state index in [2.05, 4.69) is 5.32 Å². The molecule has 4 nitrogen and oxygen atoms in total. The second kappa shape index (κ2) is 7.58. The number of hydrogen-bond donors (Lipinski definition) is 1. The van der Waals surface area contributed by atoms with Crippen LogP contribution in [0.5, 0.6) is 0 Å². The third-order valence-electron chi connectivity index (χ3n) is 3.86. The summed E-state index contributed by atoms with van der Waals surface area (Å²) in [6.45, 7) is 3.71. The molecule has 0 unspecified atom stereocenters. The molecule has 1 N–H and O–H groups in total. The maximum Gasteiger partial charge on any atom is 0.255 e. The van der Waals surface area contributed by atoms with Crippen molar-refractivity contribution in [2.75, 3.05) is 19.6 Å². The minimum absolute atomic E-state index is 0.0423. The third-order valence-corrected chi connectivity index (χ3v) is 4.18. The molecule has 0 atom stereocenters. The minimum Gasteiger partial charge on any atom is -0.356 e. The highest BCUT2D eigenvalue weighted by Crippen LogP contribution is 2.23. The average molecular weight is 327 g/mol. The molecule has 6 heteroatoms. The van der Waals surface area contributed by atoms with Crippen LogP contribution in [-0.2, 0) is 4.79 Å². The van der Waals surface area contributed by atoms with Gasteiger partial charge < -0.3 is 10.2 Å². The van der Waals surface area contributed by atoms with Crippen LogP contribution in [0.15, 0.2) is 18.2 Å². The van der Waals surface area contributed by atoms with Crippen molar-refractivity contribution >= 4 is 23.4 Å². The Morgan fingerprint density at radius 3 is 2.64 bits per heavy atom. The summed E-state index contributed by atoms with van der Waals surface area (Å²) >= 11 is 5.93. The molecule has 2 rings (SSSR count). The van der Waals surface area contributed by atoms with Crippen LogP contribution in [0.2, 0.25) is 5.02 Å². The Kier molecular flexibility index (Phi) is 5.77. The van der Waals surface area contributed by atoms with Gasteiger partial charge in [-0.05, 0) is 37.5 Å². The first-order valence-corrected chi connectivity index (χ1v) is 7.92. The maximum absolute atomic E-state index is 13.0. The van der Waals surface area contributed by atoms with Crippen molar-refractivity contribution in [3.8, 4) is 0 Å². The summed E-state index contributed by atoms with van der Waals surface area (Å²) in [5.41, 5.74) is 0.303. The number of rotatable bonds is 4. The standard InChI is InChI=1S/C16H20ClFN2O2/c1-2-7-19-15(21)11-5-8-20(9-6-11)16(22)13-4-3-12(18)10-14(13)17/h3-4,10-11H,2,5-9H2,1H3,(H,19,21). The second-order valence-electron chi connectivity index (χ2n) is 5.48. The molecule has 2 amide bonds. The number of nitrogens with zero attached hydrogens (tertiary/aromatic N) is 1. The van der Waals surface area contributed by atoms with E-state index in [0.29, 0.717) is 38.0 Å². The SMILES string of the molecule is CCCNC(=O)C1CCN(C(=O)c2ccc(F)cc2Cl)CC1. The average Bonchev–Trinajstić information content (AvgIpc) is 2.52. The quantitative estimate of drug-likeness (QED) is 0.925. The Morgan fingerprint density at radius 1 is 1.36 bits per heavy atom. The van der Waals surface area contributed by atoms with E-state index >= 15 is 0 Å². The van der Waals surface area contributed by atoms with E-state index in [1.54, 1.807) is 4.90 Å². The van der Waals surface area contributed by atoms with Crippen LogP contribution in [0.4, 0.5) is 4.39 Å². The largest absolute Gasteiger partial charge is 0.356 e. The molecule has 1 saturated heterocycles. The summed E-state index contributed by atoms with van der Waals surface area (Å²) in [4.78, 5) is 26.0. The minimum atomic E-state index is -0.465. The zero-order valence-electron chi connectivity index (χ0n) is 12.6. The molecule has 0 spiro atoms. The van der Waals surface area contributed by atoms with Crippen LogP contribution in [0.3, 0.4) is 0 Å². The van der Waals surface area contributed by atoms with E-state index in [0.717, 1.165) is 12.5 Å². The first-order chi connectivity index (χ1) is 10.5. The van der Waals surface area contributed by atoms with Crippen LogP contribution in [-0.4, -0.2) is 36.3 Å². The van der Waals surface area contributed by atoms with Crippen LogP contribution in [0.25, 0.3) is 0 Å². The third kappa shape index (κ3) is 3.97. The zero-order chi connectivity index (χ0) is 16.1. The number of nitrogens with one attached hydrogen (secondary N) is 1. The molecule has 22 heavy (non-hydrogen) atoms. The molecule has 1 aromatic carbocycles. The second-order valence-corrected chi connectivity index (χ2v) is 5.89. The number of benzene rings is 1. The summed E-state index contributed by atoms with van der Waals surface area (Å²) in [6.07, 6.45) is 2.19. The molecular weight excluding hydrogens is 307 g/mol. The van der Waals surface area contributed by atoms with Gasteiger partial charge in [-0.25, -0.2) is 4.39 Å². The fourth-order valence-electron chi connectivity index (χ4n) is 2.57. The summed E-state index contributed by atoms with van der Waals surface area (Å²) < 4.78 is 13.0. The molecule has 120 valence electrons. The van der Waals surface area contributed by atoms with Gasteiger partial charge in [0.2, 0.25) is 5.91 Å². The summed E-state index contributed by atoms with van der Waals surface area (Å²) in [6, 6.07) is 3.77. The molecule has 1 fully saturated rings. The van der Waals surface area contributed by atoms with Gasteiger partial charge in [0.05, 0.1) is 10.6 Å². The lowest BCUT2D eigenvalue weighted by molar-refractivity contribution is -0.126. The van der Waals surface area contributed by atoms with Crippen LogP contribution in [0, 0.1) is 11.7 Å². The van der Waals surface area contributed by atoms with E-state index in [-0.39, 0.29) is 22.8 Å². The Balaban J connectivity index is 1.93. The van der Waals surface area contributed by atoms with Gasteiger partial charge in [-0.1, -0.05) is 18.5 Å². The van der Waals surface area contributed by atoms with Gasteiger partial charge in [0.1, 0.15) is 5.82 Å². The lowest BCUT2D eigenvalue weighted by Crippen LogP contribution is -2.43. The molecular formula is C16H20ClFN2O2. The van der Waals surface area contributed by atoms with Gasteiger partial charge in [-0.2, -0.15) is 0 Å². The maximum atomic E-state index is 13.0. The predicted octanol–water partition coefficient (Wildman–Crippen LogP) is 2.86. The topological polar surface area (TPSA) is 49.4 Å². The summed E-state index contributed by atoms with van der Waals surface area (Å²) in [5.74, 6) is -0.654. The van der Waals surface area contributed by atoms with Gasteiger partial charge in [-0.15, -0.1) is 0 Å². The zero-order valence-corrected chi connectivity index (χ0v) is 13.3. The normalized spacial score (nSPS) is 15.7. The molecule has 0 saturated carbocycles. The number of carbonyl (C=O) groups is 2. The highest BCUT2D eigenvalue weighted by Gasteiger charge is 2.28. The van der Waals surface area contributed by atoms with E-state index in [4.69, 9.17) is 11.6 Å². The van der Waals surface area contributed by atoms with Crippen molar-refractivity contribution in [3.05, 3.63) is 34.6 Å². The highest BCUT2D eigenvalue weighted by molar-refractivity contribution is 6.33. The van der Waals surface area contributed by atoms with Crippen molar-refractivity contribution < 1.29 is 14.0 Å². The summed E-state index contributed by atoms with van der Waals surface area (Å²) in [5, 5.41) is 3.01. The van der Waals surface area contributed by atoms with Gasteiger partial charge in [0.15, 0.2) is 0 Å². The Morgan fingerprint density at radius 2 is 2.05 bits per heavy atom. The number of amides is 2. The predicted molar refractivity (Wildman–Crippen MR) is 83.3 cm³/mol. The molecule has 0 aromatic heterocycles. The van der Waals surface area contributed by atoms with Crippen molar-refractivity contribution in [2.45, 2.75) is 26.2 Å². The molecule has 1 aliphatic heterocycles. The Labute approximate surface area is 134 Å². The monoisotopic (exact) mass is 326 g/mol. The van der Waals surface area contributed by atoms with Gasteiger partial charge in [-0.3, -0.25) is 9.59 Å². The number of piperidine rings is 1. The van der Waals surface area contributed by atoms with Crippen LogP contribution >= 0.6 is 11.6 Å². The smallest absolute Gasteiger partial charge is 0.255 e. The van der Waals surface area contributed by atoms with Gasteiger partial charge >= 0.3 is 0 Å². The van der Waals surface area contributed by atoms with Crippen molar-refractivity contribution in [2.24, 2.45) is 5.92 Å². The van der Waals surface area contributed by atoms with Gasteiger partial charge in [0.25, 0.3) is 5.91 Å². The first-order valence-electron chi connectivity index (χ1n) is 7.55.